The molecule has 0 bridgehead atoms. The second kappa shape index (κ2) is 8.08. The molecule has 0 radical (unpaired) electrons. The standard InChI is InChI=1S/C13H23NO4/c1-10(4-7-13(16)17)9-14-12(15)6-5-11-3-2-8-18-11/h10-11H,2-9H2,1H3,(H,14,15)(H,16,17). The first-order valence-electron chi connectivity index (χ1n) is 6.68. The first kappa shape index (κ1) is 15.0. The summed E-state index contributed by atoms with van der Waals surface area (Å²) in [7, 11) is 0. The number of carboxylic acids is 1. The number of ether oxygens (including phenoxy) is 1. The van der Waals surface area contributed by atoms with Crippen LogP contribution < -0.4 is 5.32 Å². The Hall–Kier alpha value is -1.10. The van der Waals surface area contributed by atoms with E-state index in [4.69, 9.17) is 9.84 Å². The second-order valence-corrected chi connectivity index (χ2v) is 5.02. The van der Waals surface area contributed by atoms with Gasteiger partial charge in [-0.3, -0.25) is 9.59 Å². The van der Waals surface area contributed by atoms with E-state index in [1.165, 1.54) is 0 Å². The molecule has 1 fully saturated rings. The summed E-state index contributed by atoms with van der Waals surface area (Å²) in [5.74, 6) is -0.549. The molecule has 1 amide bonds. The van der Waals surface area contributed by atoms with Crippen LogP contribution in [0.2, 0.25) is 0 Å². The smallest absolute Gasteiger partial charge is 0.303 e. The van der Waals surface area contributed by atoms with Crippen molar-refractivity contribution in [3.05, 3.63) is 0 Å². The molecular weight excluding hydrogens is 234 g/mol. The maximum absolute atomic E-state index is 11.6. The van der Waals surface area contributed by atoms with Crippen LogP contribution in [0.1, 0.15) is 45.4 Å². The number of aliphatic carboxylic acids is 1. The van der Waals surface area contributed by atoms with Crippen molar-refractivity contribution >= 4 is 11.9 Å². The van der Waals surface area contributed by atoms with E-state index >= 15 is 0 Å². The summed E-state index contributed by atoms with van der Waals surface area (Å²) in [4.78, 5) is 21.9. The van der Waals surface area contributed by atoms with Crippen LogP contribution in [0.15, 0.2) is 0 Å². The highest BCUT2D eigenvalue weighted by Gasteiger charge is 2.16. The Morgan fingerprint density at radius 1 is 1.44 bits per heavy atom. The van der Waals surface area contributed by atoms with Crippen LogP contribution in [0.5, 0.6) is 0 Å². The van der Waals surface area contributed by atoms with Crippen molar-refractivity contribution in [3.63, 3.8) is 0 Å². The van der Waals surface area contributed by atoms with Gasteiger partial charge < -0.3 is 15.2 Å². The molecule has 0 aromatic rings. The summed E-state index contributed by atoms with van der Waals surface area (Å²) in [6, 6.07) is 0. The number of nitrogens with one attached hydrogen (secondary N) is 1. The first-order chi connectivity index (χ1) is 8.58. The van der Waals surface area contributed by atoms with Gasteiger partial charge in [0.1, 0.15) is 0 Å². The quantitative estimate of drug-likeness (QED) is 0.692. The number of carbonyl (C=O) groups excluding carboxylic acids is 1. The van der Waals surface area contributed by atoms with E-state index in [0.717, 1.165) is 25.9 Å². The van der Waals surface area contributed by atoms with Crippen LogP contribution >= 0.6 is 0 Å². The van der Waals surface area contributed by atoms with Crippen molar-refractivity contribution in [1.29, 1.82) is 0 Å². The molecule has 104 valence electrons. The zero-order valence-corrected chi connectivity index (χ0v) is 11.0. The summed E-state index contributed by atoms with van der Waals surface area (Å²) in [5.41, 5.74) is 0. The predicted octanol–water partition coefficient (Wildman–Crippen LogP) is 1.56. The lowest BCUT2D eigenvalue weighted by Crippen LogP contribution is -2.29. The van der Waals surface area contributed by atoms with Gasteiger partial charge in [0, 0.05) is 26.0 Å². The zero-order valence-electron chi connectivity index (χ0n) is 11.0. The highest BCUT2D eigenvalue weighted by atomic mass is 16.5. The van der Waals surface area contributed by atoms with Gasteiger partial charge in [0.05, 0.1) is 6.10 Å². The SMILES string of the molecule is CC(CCC(=O)O)CNC(=O)CCC1CCCO1. The number of hydrogen-bond donors (Lipinski definition) is 2. The van der Waals surface area contributed by atoms with Gasteiger partial charge in [0.25, 0.3) is 0 Å². The summed E-state index contributed by atoms with van der Waals surface area (Å²) >= 11 is 0. The lowest BCUT2D eigenvalue weighted by Gasteiger charge is -2.12. The molecule has 1 aliphatic rings. The Labute approximate surface area is 108 Å². The molecule has 1 saturated heterocycles. The Balaban J connectivity index is 2.03. The number of carbonyl (C=O) groups is 2. The van der Waals surface area contributed by atoms with E-state index in [-0.39, 0.29) is 24.3 Å². The van der Waals surface area contributed by atoms with Gasteiger partial charge in [-0.2, -0.15) is 0 Å². The number of carboxylic acid groups (broad SMARTS) is 1. The Bertz CT molecular complexity index is 274. The van der Waals surface area contributed by atoms with Crippen molar-refractivity contribution in [2.75, 3.05) is 13.2 Å². The van der Waals surface area contributed by atoms with Gasteiger partial charge in [-0.15, -0.1) is 0 Å². The Morgan fingerprint density at radius 2 is 2.22 bits per heavy atom. The molecule has 1 heterocycles. The highest BCUT2D eigenvalue weighted by Crippen LogP contribution is 2.16. The molecule has 5 nitrogen and oxygen atoms in total. The number of amides is 1. The predicted molar refractivity (Wildman–Crippen MR) is 67.3 cm³/mol. The van der Waals surface area contributed by atoms with Crippen LogP contribution in [0.3, 0.4) is 0 Å². The Morgan fingerprint density at radius 3 is 2.83 bits per heavy atom. The molecule has 0 aromatic heterocycles. The van der Waals surface area contributed by atoms with Gasteiger partial charge in [-0.05, 0) is 31.6 Å². The molecule has 0 aliphatic carbocycles. The molecule has 5 heteroatoms. The first-order valence-corrected chi connectivity index (χ1v) is 6.68. The van der Waals surface area contributed by atoms with Crippen molar-refractivity contribution in [1.82, 2.24) is 5.32 Å². The fourth-order valence-electron chi connectivity index (χ4n) is 2.01. The van der Waals surface area contributed by atoms with Gasteiger partial charge in [0.15, 0.2) is 0 Å². The third-order valence-electron chi connectivity index (χ3n) is 3.22. The summed E-state index contributed by atoms with van der Waals surface area (Å²) in [6.45, 7) is 3.32. The van der Waals surface area contributed by atoms with Gasteiger partial charge in [-0.1, -0.05) is 6.92 Å². The maximum Gasteiger partial charge on any atom is 0.303 e. The van der Waals surface area contributed by atoms with E-state index in [9.17, 15) is 9.59 Å². The summed E-state index contributed by atoms with van der Waals surface area (Å²) in [6.07, 6.45) is 4.45. The van der Waals surface area contributed by atoms with Crippen molar-refractivity contribution in [2.45, 2.75) is 51.6 Å². The van der Waals surface area contributed by atoms with E-state index in [1.54, 1.807) is 0 Å². The number of hydrogen-bond acceptors (Lipinski definition) is 3. The van der Waals surface area contributed by atoms with Crippen molar-refractivity contribution < 1.29 is 19.4 Å². The largest absolute Gasteiger partial charge is 0.481 e. The van der Waals surface area contributed by atoms with Crippen LogP contribution in [0.25, 0.3) is 0 Å². The van der Waals surface area contributed by atoms with Gasteiger partial charge in [0.2, 0.25) is 5.91 Å². The fourth-order valence-corrected chi connectivity index (χ4v) is 2.01. The summed E-state index contributed by atoms with van der Waals surface area (Å²) in [5, 5.41) is 11.4. The van der Waals surface area contributed by atoms with Crippen molar-refractivity contribution in [3.8, 4) is 0 Å². The van der Waals surface area contributed by atoms with Crippen LogP contribution in [0.4, 0.5) is 0 Å². The van der Waals surface area contributed by atoms with Gasteiger partial charge in [-0.25, -0.2) is 0 Å². The molecule has 0 spiro atoms. The second-order valence-electron chi connectivity index (χ2n) is 5.02. The van der Waals surface area contributed by atoms with Crippen LogP contribution in [-0.2, 0) is 14.3 Å². The molecular formula is C13H23NO4. The van der Waals surface area contributed by atoms with E-state index in [2.05, 4.69) is 5.32 Å². The average molecular weight is 257 g/mol. The minimum atomic E-state index is -0.786. The van der Waals surface area contributed by atoms with E-state index in [1.807, 2.05) is 6.92 Å². The highest BCUT2D eigenvalue weighted by molar-refractivity contribution is 5.75. The lowest BCUT2D eigenvalue weighted by molar-refractivity contribution is -0.137. The van der Waals surface area contributed by atoms with E-state index < -0.39 is 5.97 Å². The van der Waals surface area contributed by atoms with E-state index in [0.29, 0.717) is 19.4 Å². The normalized spacial score (nSPS) is 20.6. The molecule has 0 aromatic carbocycles. The fraction of sp³-hybridized carbons (Fsp3) is 0.846. The van der Waals surface area contributed by atoms with Gasteiger partial charge >= 0.3 is 5.97 Å². The minimum absolute atomic E-state index is 0.0349. The Kier molecular flexibility index (Phi) is 6.72. The zero-order chi connectivity index (χ0) is 13.4. The summed E-state index contributed by atoms with van der Waals surface area (Å²) < 4.78 is 5.45. The topological polar surface area (TPSA) is 75.6 Å². The minimum Gasteiger partial charge on any atom is -0.481 e. The molecule has 1 rings (SSSR count). The molecule has 2 unspecified atom stereocenters. The maximum atomic E-state index is 11.6. The molecule has 2 atom stereocenters. The van der Waals surface area contributed by atoms with Crippen molar-refractivity contribution in [2.24, 2.45) is 5.92 Å². The molecule has 0 saturated carbocycles. The lowest BCUT2D eigenvalue weighted by atomic mass is 10.1. The third kappa shape index (κ3) is 6.59. The monoisotopic (exact) mass is 257 g/mol. The molecule has 18 heavy (non-hydrogen) atoms. The van der Waals surface area contributed by atoms with Crippen LogP contribution in [0, 0.1) is 5.92 Å². The average Bonchev–Trinajstić information content (AvgIpc) is 2.84. The molecule has 2 N–H and O–H groups in total. The third-order valence-corrected chi connectivity index (χ3v) is 3.22. The van der Waals surface area contributed by atoms with Crippen LogP contribution in [-0.4, -0.2) is 36.2 Å². The molecule has 1 aliphatic heterocycles. The number of rotatable bonds is 8.